The molecule has 2 heteroatoms. The van der Waals surface area contributed by atoms with Crippen molar-refractivity contribution in [1.29, 1.82) is 0 Å². The van der Waals surface area contributed by atoms with E-state index < -0.39 is 0 Å². The Hall–Kier alpha value is -1.02. The number of nitrogens with one attached hydrogen (secondary N) is 1. The minimum atomic E-state index is 0.220. The summed E-state index contributed by atoms with van der Waals surface area (Å²) in [4.78, 5) is 0. The first-order valence-electron chi connectivity index (χ1n) is 5.22. The number of benzene rings is 1. The molecule has 0 bridgehead atoms. The highest BCUT2D eigenvalue weighted by molar-refractivity contribution is 5.45. The van der Waals surface area contributed by atoms with Crippen LogP contribution in [0.5, 0.6) is 0 Å². The second kappa shape index (κ2) is 5.66. The average molecular weight is 193 g/mol. The molecule has 0 amide bonds. The van der Waals surface area contributed by atoms with Crippen LogP contribution in [0.25, 0.3) is 0 Å². The van der Waals surface area contributed by atoms with Crippen LogP contribution >= 0.6 is 0 Å². The molecule has 0 aromatic heterocycles. The molecule has 2 N–H and O–H groups in total. The summed E-state index contributed by atoms with van der Waals surface area (Å²) in [5, 5.41) is 12.2. The van der Waals surface area contributed by atoms with Gasteiger partial charge in [0.2, 0.25) is 0 Å². The van der Waals surface area contributed by atoms with E-state index in [1.807, 2.05) is 0 Å². The molecule has 1 aromatic carbocycles. The molecule has 0 radical (unpaired) electrons. The van der Waals surface area contributed by atoms with E-state index in [1.54, 1.807) is 0 Å². The lowest BCUT2D eigenvalue weighted by atomic mass is 10.1. The van der Waals surface area contributed by atoms with E-state index in [4.69, 9.17) is 5.11 Å². The van der Waals surface area contributed by atoms with Crippen LogP contribution in [-0.2, 0) is 6.42 Å². The SMILES string of the molecule is CC[C@H](C)Nc1ccc(CCO)cc1. The summed E-state index contributed by atoms with van der Waals surface area (Å²) >= 11 is 0. The number of aliphatic hydroxyl groups excluding tert-OH is 1. The number of aliphatic hydroxyl groups is 1. The van der Waals surface area contributed by atoms with Crippen molar-refractivity contribution in [3.63, 3.8) is 0 Å². The Balaban J connectivity index is 2.54. The standard InChI is InChI=1S/C12H19NO/c1-3-10(2)13-12-6-4-11(5-7-12)8-9-14/h4-7,10,13-14H,3,8-9H2,1-2H3/t10-/m0/s1. The molecule has 2 nitrogen and oxygen atoms in total. The fraction of sp³-hybridized carbons (Fsp3) is 0.500. The average Bonchev–Trinajstić information content (AvgIpc) is 2.21. The second-order valence-corrected chi connectivity index (χ2v) is 3.62. The van der Waals surface area contributed by atoms with Crippen LogP contribution in [0.3, 0.4) is 0 Å². The molecular weight excluding hydrogens is 174 g/mol. The van der Waals surface area contributed by atoms with Gasteiger partial charge in [-0.15, -0.1) is 0 Å². The van der Waals surface area contributed by atoms with E-state index >= 15 is 0 Å². The molecule has 0 aliphatic carbocycles. The summed E-state index contributed by atoms with van der Waals surface area (Å²) in [5.74, 6) is 0. The van der Waals surface area contributed by atoms with Crippen molar-refractivity contribution in [2.75, 3.05) is 11.9 Å². The first-order chi connectivity index (χ1) is 6.76. The predicted octanol–water partition coefficient (Wildman–Crippen LogP) is 2.43. The Bertz CT molecular complexity index is 256. The highest BCUT2D eigenvalue weighted by Gasteiger charge is 1.98. The molecule has 0 aliphatic rings. The minimum Gasteiger partial charge on any atom is -0.396 e. The van der Waals surface area contributed by atoms with Crippen LogP contribution in [0.1, 0.15) is 25.8 Å². The molecule has 78 valence electrons. The van der Waals surface area contributed by atoms with Gasteiger partial charge in [-0.3, -0.25) is 0 Å². The highest BCUT2D eigenvalue weighted by Crippen LogP contribution is 2.11. The Morgan fingerprint density at radius 2 is 1.93 bits per heavy atom. The smallest absolute Gasteiger partial charge is 0.0471 e. The molecule has 0 fully saturated rings. The fourth-order valence-electron chi connectivity index (χ4n) is 1.28. The van der Waals surface area contributed by atoms with Gasteiger partial charge >= 0.3 is 0 Å². The Kier molecular flexibility index (Phi) is 4.47. The van der Waals surface area contributed by atoms with Crippen molar-refractivity contribution in [1.82, 2.24) is 0 Å². The van der Waals surface area contributed by atoms with Gasteiger partial charge in [0.1, 0.15) is 0 Å². The molecule has 0 saturated heterocycles. The van der Waals surface area contributed by atoms with Crippen LogP contribution in [0, 0.1) is 0 Å². The molecule has 0 saturated carbocycles. The first kappa shape index (κ1) is 11.1. The van der Waals surface area contributed by atoms with Gasteiger partial charge in [-0.05, 0) is 37.5 Å². The Labute approximate surface area is 86.0 Å². The van der Waals surface area contributed by atoms with E-state index in [2.05, 4.69) is 43.4 Å². The summed E-state index contributed by atoms with van der Waals surface area (Å²) in [6, 6.07) is 8.76. The molecule has 1 rings (SSSR count). The van der Waals surface area contributed by atoms with Crippen LogP contribution in [0.4, 0.5) is 5.69 Å². The fourth-order valence-corrected chi connectivity index (χ4v) is 1.28. The summed E-state index contributed by atoms with van der Waals surface area (Å²) in [7, 11) is 0. The summed E-state index contributed by atoms with van der Waals surface area (Å²) in [5.41, 5.74) is 2.34. The topological polar surface area (TPSA) is 32.3 Å². The Morgan fingerprint density at radius 3 is 2.43 bits per heavy atom. The predicted molar refractivity (Wildman–Crippen MR) is 60.6 cm³/mol. The Morgan fingerprint density at radius 1 is 1.29 bits per heavy atom. The number of hydrogen-bond donors (Lipinski definition) is 2. The number of rotatable bonds is 5. The lowest BCUT2D eigenvalue weighted by Gasteiger charge is -2.13. The molecule has 0 spiro atoms. The summed E-state index contributed by atoms with van der Waals surface area (Å²) < 4.78 is 0. The zero-order valence-electron chi connectivity index (χ0n) is 8.96. The summed E-state index contributed by atoms with van der Waals surface area (Å²) in [6.07, 6.45) is 1.86. The number of anilines is 1. The van der Waals surface area contributed by atoms with Crippen molar-refractivity contribution >= 4 is 5.69 Å². The van der Waals surface area contributed by atoms with Gasteiger partial charge in [0, 0.05) is 18.3 Å². The van der Waals surface area contributed by atoms with Crippen molar-refractivity contribution in [3.05, 3.63) is 29.8 Å². The van der Waals surface area contributed by atoms with Gasteiger partial charge in [-0.25, -0.2) is 0 Å². The third-order valence-electron chi connectivity index (χ3n) is 2.38. The lowest BCUT2D eigenvalue weighted by molar-refractivity contribution is 0.299. The minimum absolute atomic E-state index is 0.220. The molecule has 0 heterocycles. The van der Waals surface area contributed by atoms with Crippen LogP contribution in [0.15, 0.2) is 24.3 Å². The van der Waals surface area contributed by atoms with Gasteiger partial charge in [0.25, 0.3) is 0 Å². The zero-order chi connectivity index (χ0) is 10.4. The van der Waals surface area contributed by atoms with Crippen LogP contribution in [0.2, 0.25) is 0 Å². The second-order valence-electron chi connectivity index (χ2n) is 3.62. The van der Waals surface area contributed by atoms with Crippen LogP contribution < -0.4 is 5.32 Å². The van der Waals surface area contributed by atoms with E-state index in [9.17, 15) is 0 Å². The van der Waals surface area contributed by atoms with Crippen molar-refractivity contribution < 1.29 is 5.11 Å². The third-order valence-corrected chi connectivity index (χ3v) is 2.38. The van der Waals surface area contributed by atoms with Gasteiger partial charge in [-0.1, -0.05) is 19.1 Å². The summed E-state index contributed by atoms with van der Waals surface area (Å²) in [6.45, 7) is 4.55. The maximum absolute atomic E-state index is 8.76. The van der Waals surface area contributed by atoms with Gasteiger partial charge in [-0.2, -0.15) is 0 Å². The van der Waals surface area contributed by atoms with E-state index in [0.29, 0.717) is 6.04 Å². The van der Waals surface area contributed by atoms with E-state index in [-0.39, 0.29) is 6.61 Å². The number of hydrogen-bond acceptors (Lipinski definition) is 2. The molecular formula is C12H19NO. The zero-order valence-corrected chi connectivity index (χ0v) is 8.96. The monoisotopic (exact) mass is 193 g/mol. The van der Waals surface area contributed by atoms with Gasteiger partial charge < -0.3 is 10.4 Å². The lowest BCUT2D eigenvalue weighted by Crippen LogP contribution is -2.13. The molecule has 14 heavy (non-hydrogen) atoms. The highest BCUT2D eigenvalue weighted by atomic mass is 16.2. The maximum Gasteiger partial charge on any atom is 0.0471 e. The van der Waals surface area contributed by atoms with Gasteiger partial charge in [0.05, 0.1) is 0 Å². The third kappa shape index (κ3) is 3.38. The molecule has 0 unspecified atom stereocenters. The molecule has 1 atom stereocenters. The van der Waals surface area contributed by atoms with Gasteiger partial charge in [0.15, 0.2) is 0 Å². The van der Waals surface area contributed by atoms with Crippen molar-refractivity contribution in [2.24, 2.45) is 0 Å². The largest absolute Gasteiger partial charge is 0.396 e. The molecule has 0 aliphatic heterocycles. The molecule has 1 aromatic rings. The van der Waals surface area contributed by atoms with Crippen molar-refractivity contribution in [3.8, 4) is 0 Å². The van der Waals surface area contributed by atoms with Crippen molar-refractivity contribution in [2.45, 2.75) is 32.7 Å². The first-order valence-corrected chi connectivity index (χ1v) is 5.22. The van der Waals surface area contributed by atoms with Crippen LogP contribution in [-0.4, -0.2) is 17.8 Å². The quantitative estimate of drug-likeness (QED) is 0.752. The maximum atomic E-state index is 8.76. The van der Waals surface area contributed by atoms with E-state index in [0.717, 1.165) is 18.5 Å². The normalized spacial score (nSPS) is 12.5. The van der Waals surface area contributed by atoms with E-state index in [1.165, 1.54) is 5.56 Å².